The van der Waals surface area contributed by atoms with Crippen LogP contribution in [0.1, 0.15) is 59.8 Å². The fourth-order valence-corrected chi connectivity index (χ4v) is 4.66. The Balaban J connectivity index is 1.82. The summed E-state index contributed by atoms with van der Waals surface area (Å²) in [6, 6.07) is 0. The quantitative estimate of drug-likeness (QED) is 0.619. The summed E-state index contributed by atoms with van der Waals surface area (Å²) in [4.78, 5) is 5.21. The molecule has 0 aromatic carbocycles. The van der Waals surface area contributed by atoms with E-state index >= 15 is 0 Å². The summed E-state index contributed by atoms with van der Waals surface area (Å²) in [5, 5.41) is 3.80. The zero-order chi connectivity index (χ0) is 17.5. The van der Waals surface area contributed by atoms with Crippen LogP contribution in [0.2, 0.25) is 0 Å². The van der Waals surface area contributed by atoms with Crippen LogP contribution in [-0.4, -0.2) is 74.4 Å². The number of rotatable bonds is 10. The average Bonchev–Trinajstić information content (AvgIpc) is 3.02. The topological polar surface area (TPSA) is 27.7 Å². The molecule has 1 N–H and O–H groups in total. The van der Waals surface area contributed by atoms with E-state index in [4.69, 9.17) is 4.74 Å². The van der Waals surface area contributed by atoms with Crippen LogP contribution in [0.15, 0.2) is 0 Å². The molecule has 0 aromatic rings. The summed E-state index contributed by atoms with van der Waals surface area (Å²) < 4.78 is 6.02. The lowest BCUT2D eigenvalue weighted by Gasteiger charge is -2.47. The monoisotopic (exact) mass is 339 g/mol. The van der Waals surface area contributed by atoms with Gasteiger partial charge < -0.3 is 19.9 Å². The molecule has 0 aromatic heterocycles. The highest BCUT2D eigenvalue weighted by Gasteiger charge is 2.41. The predicted molar refractivity (Wildman–Crippen MR) is 103 cm³/mol. The maximum Gasteiger partial charge on any atom is 0.0632 e. The van der Waals surface area contributed by atoms with E-state index in [2.05, 4.69) is 42.8 Å². The van der Waals surface area contributed by atoms with Gasteiger partial charge in [-0.15, -0.1) is 0 Å². The van der Waals surface area contributed by atoms with Crippen molar-refractivity contribution in [2.24, 2.45) is 5.41 Å². The highest BCUT2D eigenvalue weighted by atomic mass is 16.5. The van der Waals surface area contributed by atoms with E-state index in [1.165, 1.54) is 71.4 Å². The van der Waals surface area contributed by atoms with Gasteiger partial charge in [0.25, 0.3) is 0 Å². The zero-order valence-electron chi connectivity index (χ0n) is 16.7. The van der Waals surface area contributed by atoms with E-state index < -0.39 is 0 Å². The number of hydrogen-bond acceptors (Lipinski definition) is 4. The normalized spacial score (nSPS) is 27.9. The molecular weight excluding hydrogens is 298 g/mol. The zero-order valence-corrected chi connectivity index (χ0v) is 16.7. The van der Waals surface area contributed by atoms with E-state index in [1.807, 2.05) is 0 Å². The molecule has 0 spiro atoms. The number of hydrogen-bond donors (Lipinski definition) is 1. The van der Waals surface area contributed by atoms with Gasteiger partial charge in [-0.2, -0.15) is 0 Å². The van der Waals surface area contributed by atoms with Crippen molar-refractivity contribution >= 4 is 0 Å². The van der Waals surface area contributed by atoms with Crippen molar-refractivity contribution in [3.05, 3.63) is 0 Å². The number of nitrogens with zero attached hydrogens (tertiary/aromatic N) is 2. The molecule has 0 amide bonds. The van der Waals surface area contributed by atoms with E-state index in [9.17, 15) is 0 Å². The first-order valence-corrected chi connectivity index (χ1v) is 10.3. The van der Waals surface area contributed by atoms with Gasteiger partial charge in [-0.25, -0.2) is 0 Å². The fraction of sp³-hybridized carbons (Fsp3) is 1.00. The van der Waals surface area contributed by atoms with Gasteiger partial charge in [0.1, 0.15) is 0 Å². The molecule has 2 fully saturated rings. The summed E-state index contributed by atoms with van der Waals surface area (Å²) in [5.41, 5.74) is 0.419. The molecular formula is C20H41N3O. The van der Waals surface area contributed by atoms with Crippen LogP contribution >= 0.6 is 0 Å². The van der Waals surface area contributed by atoms with Gasteiger partial charge in [-0.3, -0.25) is 0 Å². The van der Waals surface area contributed by atoms with Crippen LogP contribution in [0.4, 0.5) is 0 Å². The summed E-state index contributed by atoms with van der Waals surface area (Å²) in [5.74, 6) is 0. The van der Waals surface area contributed by atoms with Gasteiger partial charge in [0, 0.05) is 25.1 Å². The largest absolute Gasteiger partial charge is 0.376 e. The Bertz CT molecular complexity index is 351. The molecule has 0 radical (unpaired) electrons. The Kier molecular flexibility index (Phi) is 7.99. The molecule has 2 heterocycles. The van der Waals surface area contributed by atoms with Crippen molar-refractivity contribution in [1.82, 2.24) is 15.1 Å². The lowest BCUT2D eigenvalue weighted by molar-refractivity contribution is -0.110. The minimum Gasteiger partial charge on any atom is -0.376 e. The molecule has 2 aliphatic heterocycles. The van der Waals surface area contributed by atoms with Crippen LogP contribution in [0.5, 0.6) is 0 Å². The smallest absolute Gasteiger partial charge is 0.0632 e. The van der Waals surface area contributed by atoms with Gasteiger partial charge in [0.05, 0.1) is 5.60 Å². The molecule has 24 heavy (non-hydrogen) atoms. The Labute approximate surface area is 150 Å². The van der Waals surface area contributed by atoms with E-state index in [1.54, 1.807) is 0 Å². The summed E-state index contributed by atoms with van der Waals surface area (Å²) in [6.07, 6.45) is 6.40. The lowest BCUT2D eigenvalue weighted by atomic mass is 9.73. The second-order valence-corrected chi connectivity index (χ2v) is 8.58. The molecule has 4 heteroatoms. The second-order valence-electron chi connectivity index (χ2n) is 8.58. The van der Waals surface area contributed by atoms with Crippen molar-refractivity contribution in [3.8, 4) is 0 Å². The molecule has 2 saturated heterocycles. The minimum atomic E-state index is 0.0286. The molecule has 142 valence electrons. The highest BCUT2D eigenvalue weighted by Crippen LogP contribution is 2.39. The van der Waals surface area contributed by atoms with Gasteiger partial charge in [-0.05, 0) is 85.2 Å². The Hall–Kier alpha value is -0.160. The molecule has 1 atom stereocenters. The van der Waals surface area contributed by atoms with Crippen molar-refractivity contribution in [2.45, 2.75) is 65.4 Å². The summed E-state index contributed by atoms with van der Waals surface area (Å²) >= 11 is 0. The predicted octanol–water partition coefficient (Wildman–Crippen LogP) is 2.98. The molecule has 1 unspecified atom stereocenters. The highest BCUT2D eigenvalue weighted by molar-refractivity contribution is 4.94. The van der Waals surface area contributed by atoms with Crippen LogP contribution in [0.25, 0.3) is 0 Å². The van der Waals surface area contributed by atoms with E-state index in [-0.39, 0.29) is 5.60 Å². The number of likely N-dealkylation sites (tertiary alicyclic amines) is 1. The second kappa shape index (κ2) is 9.51. The van der Waals surface area contributed by atoms with Gasteiger partial charge in [0.15, 0.2) is 0 Å². The van der Waals surface area contributed by atoms with Crippen LogP contribution in [0.3, 0.4) is 0 Å². The molecule has 0 bridgehead atoms. The third kappa shape index (κ3) is 6.29. The Morgan fingerprint density at radius 1 is 1.12 bits per heavy atom. The SMILES string of the molecule is CCN(CC)CCCNCC1(CN2CCCC2)CCOC(C)(C)C1. The van der Waals surface area contributed by atoms with Crippen molar-refractivity contribution in [3.63, 3.8) is 0 Å². The van der Waals surface area contributed by atoms with Crippen molar-refractivity contribution < 1.29 is 4.74 Å². The average molecular weight is 340 g/mol. The molecule has 2 rings (SSSR count). The first-order valence-electron chi connectivity index (χ1n) is 10.3. The Morgan fingerprint density at radius 3 is 2.46 bits per heavy atom. The van der Waals surface area contributed by atoms with Crippen LogP contribution < -0.4 is 5.32 Å². The standard InChI is InChI=1S/C20H41N3O/c1-5-22(6-2)14-9-11-21-17-20(18-23-12-7-8-13-23)10-15-24-19(3,4)16-20/h21H,5-18H2,1-4H3. The first-order chi connectivity index (χ1) is 11.5. The van der Waals surface area contributed by atoms with Gasteiger partial charge in [0.2, 0.25) is 0 Å². The minimum absolute atomic E-state index is 0.0286. The van der Waals surface area contributed by atoms with Gasteiger partial charge >= 0.3 is 0 Å². The first kappa shape index (κ1) is 20.2. The van der Waals surface area contributed by atoms with Crippen molar-refractivity contribution in [1.29, 1.82) is 0 Å². The lowest BCUT2D eigenvalue weighted by Crippen LogP contribution is -2.51. The third-order valence-electron chi connectivity index (χ3n) is 5.91. The van der Waals surface area contributed by atoms with Crippen molar-refractivity contribution in [2.75, 3.05) is 59.0 Å². The Morgan fingerprint density at radius 2 is 1.83 bits per heavy atom. The summed E-state index contributed by atoms with van der Waals surface area (Å²) in [7, 11) is 0. The molecule has 4 nitrogen and oxygen atoms in total. The number of ether oxygens (including phenoxy) is 1. The maximum absolute atomic E-state index is 6.02. The fourth-order valence-electron chi connectivity index (χ4n) is 4.66. The summed E-state index contributed by atoms with van der Waals surface area (Å²) in [6.45, 7) is 19.7. The van der Waals surface area contributed by atoms with E-state index in [0.29, 0.717) is 5.41 Å². The third-order valence-corrected chi connectivity index (χ3v) is 5.91. The van der Waals surface area contributed by atoms with E-state index in [0.717, 1.165) is 19.7 Å². The molecule has 0 aliphatic carbocycles. The van der Waals surface area contributed by atoms with Crippen LogP contribution in [-0.2, 0) is 4.74 Å². The number of nitrogens with one attached hydrogen (secondary N) is 1. The van der Waals surface area contributed by atoms with Gasteiger partial charge in [-0.1, -0.05) is 13.8 Å². The molecule has 0 saturated carbocycles. The maximum atomic E-state index is 6.02. The molecule has 2 aliphatic rings. The van der Waals surface area contributed by atoms with Crippen LogP contribution in [0, 0.1) is 5.41 Å².